The zero-order valence-electron chi connectivity index (χ0n) is 11.3. The molecule has 0 bridgehead atoms. The highest BCUT2D eigenvalue weighted by Gasteiger charge is 2.28. The summed E-state index contributed by atoms with van der Waals surface area (Å²) >= 11 is 0. The Hall–Kier alpha value is -2.45. The number of nitrogens with one attached hydrogen (secondary N) is 2. The number of rotatable bonds is 3. The molecule has 1 fully saturated rings. The number of carbonyl (C=O) groups is 1. The van der Waals surface area contributed by atoms with Crippen LogP contribution in [-0.2, 0) is 4.79 Å². The molecule has 108 valence electrons. The van der Waals surface area contributed by atoms with Gasteiger partial charge in [0.15, 0.2) is 0 Å². The van der Waals surface area contributed by atoms with Crippen molar-refractivity contribution in [2.24, 2.45) is 0 Å². The van der Waals surface area contributed by atoms with Crippen molar-refractivity contribution in [2.45, 2.75) is 13.3 Å². The molecule has 0 unspecified atom stereocenters. The topological polar surface area (TPSA) is 113 Å². The standard InChI is InChI=1S/C11H16N6O3/c1-7-9(17(19)20)10(15-11(12-2)14-7)16-5-3-4-13-8(18)6-16/h3-6H2,1-2H3,(H,13,18)(H,12,14,15). The van der Waals surface area contributed by atoms with E-state index in [4.69, 9.17) is 0 Å². The van der Waals surface area contributed by atoms with Crippen LogP contribution in [0, 0.1) is 17.0 Å². The highest BCUT2D eigenvalue weighted by atomic mass is 16.6. The molecule has 1 amide bonds. The predicted molar refractivity (Wildman–Crippen MR) is 72.8 cm³/mol. The van der Waals surface area contributed by atoms with Gasteiger partial charge in [0.25, 0.3) is 0 Å². The van der Waals surface area contributed by atoms with Crippen LogP contribution in [0.1, 0.15) is 12.1 Å². The zero-order valence-corrected chi connectivity index (χ0v) is 11.3. The fraction of sp³-hybridized carbons (Fsp3) is 0.545. The Balaban J connectivity index is 2.49. The predicted octanol–water partition coefficient (Wildman–Crippen LogP) is 0.0612. The van der Waals surface area contributed by atoms with Crippen molar-refractivity contribution in [3.8, 4) is 0 Å². The minimum atomic E-state index is -0.507. The Morgan fingerprint density at radius 1 is 1.45 bits per heavy atom. The van der Waals surface area contributed by atoms with Gasteiger partial charge in [0, 0.05) is 20.1 Å². The van der Waals surface area contributed by atoms with E-state index in [1.807, 2.05) is 0 Å². The van der Waals surface area contributed by atoms with Crippen molar-refractivity contribution in [2.75, 3.05) is 36.9 Å². The summed E-state index contributed by atoms with van der Waals surface area (Å²) in [6.07, 6.45) is 0.709. The number of hydrogen-bond donors (Lipinski definition) is 2. The lowest BCUT2D eigenvalue weighted by atomic mass is 10.3. The lowest BCUT2D eigenvalue weighted by molar-refractivity contribution is -0.385. The summed E-state index contributed by atoms with van der Waals surface area (Å²) in [5, 5.41) is 16.7. The van der Waals surface area contributed by atoms with Gasteiger partial charge in [-0.25, -0.2) is 4.98 Å². The van der Waals surface area contributed by atoms with Crippen LogP contribution in [-0.4, -0.2) is 47.5 Å². The molecule has 0 saturated carbocycles. The summed E-state index contributed by atoms with van der Waals surface area (Å²) in [4.78, 5) is 32.1. The van der Waals surface area contributed by atoms with E-state index in [-0.39, 0.29) is 29.7 Å². The molecule has 9 heteroatoms. The second-order valence-corrected chi connectivity index (χ2v) is 4.44. The molecule has 0 aliphatic carbocycles. The van der Waals surface area contributed by atoms with Gasteiger partial charge in [-0.2, -0.15) is 4.98 Å². The molecule has 0 radical (unpaired) electrons. The van der Waals surface area contributed by atoms with E-state index in [0.717, 1.165) is 0 Å². The molecule has 1 aliphatic rings. The maximum Gasteiger partial charge on any atom is 0.332 e. The van der Waals surface area contributed by atoms with Gasteiger partial charge in [-0.1, -0.05) is 0 Å². The van der Waals surface area contributed by atoms with Crippen LogP contribution < -0.4 is 15.5 Å². The second-order valence-electron chi connectivity index (χ2n) is 4.44. The number of aromatic nitrogens is 2. The Labute approximate surface area is 115 Å². The normalized spacial score (nSPS) is 15.5. The second kappa shape index (κ2) is 5.68. The average Bonchev–Trinajstić information content (AvgIpc) is 2.61. The summed E-state index contributed by atoms with van der Waals surface area (Å²) < 4.78 is 0. The lowest BCUT2D eigenvalue weighted by Crippen LogP contribution is -2.34. The van der Waals surface area contributed by atoms with Crippen molar-refractivity contribution in [3.63, 3.8) is 0 Å². The molecule has 1 aromatic rings. The minimum Gasteiger partial charge on any atom is -0.357 e. The van der Waals surface area contributed by atoms with E-state index >= 15 is 0 Å². The van der Waals surface area contributed by atoms with Crippen LogP contribution in [0.4, 0.5) is 17.5 Å². The third-order valence-corrected chi connectivity index (χ3v) is 3.01. The molecule has 2 N–H and O–H groups in total. The van der Waals surface area contributed by atoms with Gasteiger partial charge in [0.2, 0.25) is 17.7 Å². The van der Waals surface area contributed by atoms with Crippen molar-refractivity contribution in [1.29, 1.82) is 0 Å². The fourth-order valence-corrected chi connectivity index (χ4v) is 2.08. The molecule has 2 rings (SSSR count). The van der Waals surface area contributed by atoms with Gasteiger partial charge in [0.1, 0.15) is 5.69 Å². The van der Waals surface area contributed by atoms with E-state index in [0.29, 0.717) is 25.5 Å². The van der Waals surface area contributed by atoms with Gasteiger partial charge in [0.05, 0.1) is 11.5 Å². The molecule has 0 spiro atoms. The molecular weight excluding hydrogens is 264 g/mol. The highest BCUT2D eigenvalue weighted by Crippen LogP contribution is 2.30. The molecule has 0 atom stereocenters. The van der Waals surface area contributed by atoms with Crippen molar-refractivity contribution < 1.29 is 9.72 Å². The minimum absolute atomic E-state index is 0.0560. The molecule has 1 saturated heterocycles. The van der Waals surface area contributed by atoms with Gasteiger partial charge < -0.3 is 15.5 Å². The van der Waals surface area contributed by atoms with Crippen LogP contribution in [0.5, 0.6) is 0 Å². The SMILES string of the molecule is CNc1nc(C)c([N+](=O)[O-])c(N2CCCNC(=O)C2)n1. The summed E-state index contributed by atoms with van der Waals surface area (Å²) in [5.74, 6) is 0.315. The largest absolute Gasteiger partial charge is 0.357 e. The van der Waals surface area contributed by atoms with Crippen molar-refractivity contribution in [1.82, 2.24) is 15.3 Å². The quantitative estimate of drug-likeness (QED) is 0.594. The number of hydrogen-bond acceptors (Lipinski definition) is 7. The fourth-order valence-electron chi connectivity index (χ4n) is 2.08. The first-order valence-electron chi connectivity index (χ1n) is 6.25. The van der Waals surface area contributed by atoms with Crippen molar-refractivity contribution in [3.05, 3.63) is 15.8 Å². The van der Waals surface area contributed by atoms with E-state index in [1.165, 1.54) is 0 Å². The lowest BCUT2D eigenvalue weighted by Gasteiger charge is -2.20. The van der Waals surface area contributed by atoms with E-state index in [9.17, 15) is 14.9 Å². The molecule has 2 heterocycles. The molecule has 1 aliphatic heterocycles. The Kier molecular flexibility index (Phi) is 3.97. The van der Waals surface area contributed by atoms with Crippen LogP contribution >= 0.6 is 0 Å². The number of anilines is 2. The molecule has 1 aromatic heterocycles. The number of nitro groups is 1. The maximum absolute atomic E-state index is 11.6. The number of carbonyl (C=O) groups excluding carboxylic acids is 1. The monoisotopic (exact) mass is 280 g/mol. The van der Waals surface area contributed by atoms with E-state index in [1.54, 1.807) is 18.9 Å². The highest BCUT2D eigenvalue weighted by molar-refractivity contribution is 5.82. The number of aryl methyl sites for hydroxylation is 1. The van der Waals surface area contributed by atoms with Gasteiger partial charge in [-0.15, -0.1) is 0 Å². The van der Waals surface area contributed by atoms with Crippen LogP contribution in [0.25, 0.3) is 0 Å². The van der Waals surface area contributed by atoms with E-state index < -0.39 is 4.92 Å². The van der Waals surface area contributed by atoms with Crippen LogP contribution in [0.3, 0.4) is 0 Å². The Morgan fingerprint density at radius 2 is 2.20 bits per heavy atom. The first kappa shape index (κ1) is 14.0. The molecule has 9 nitrogen and oxygen atoms in total. The van der Waals surface area contributed by atoms with Crippen LogP contribution in [0.2, 0.25) is 0 Å². The Bertz CT molecular complexity index is 547. The van der Waals surface area contributed by atoms with Crippen LogP contribution in [0.15, 0.2) is 0 Å². The smallest absolute Gasteiger partial charge is 0.332 e. The van der Waals surface area contributed by atoms with Gasteiger partial charge >= 0.3 is 5.69 Å². The zero-order chi connectivity index (χ0) is 14.7. The van der Waals surface area contributed by atoms with E-state index in [2.05, 4.69) is 20.6 Å². The third-order valence-electron chi connectivity index (χ3n) is 3.01. The van der Waals surface area contributed by atoms with Gasteiger partial charge in [-0.05, 0) is 13.3 Å². The summed E-state index contributed by atoms with van der Waals surface area (Å²) in [7, 11) is 1.64. The number of amides is 1. The summed E-state index contributed by atoms with van der Waals surface area (Å²) in [6, 6.07) is 0. The first-order chi connectivity index (χ1) is 9.52. The maximum atomic E-state index is 11.6. The molecule has 20 heavy (non-hydrogen) atoms. The third kappa shape index (κ3) is 2.76. The first-order valence-corrected chi connectivity index (χ1v) is 6.25. The Morgan fingerprint density at radius 3 is 2.85 bits per heavy atom. The number of nitrogens with zero attached hydrogens (tertiary/aromatic N) is 4. The summed E-state index contributed by atoms with van der Waals surface area (Å²) in [6.45, 7) is 2.70. The van der Waals surface area contributed by atoms with Gasteiger partial charge in [-0.3, -0.25) is 14.9 Å². The molecular formula is C11H16N6O3. The average molecular weight is 280 g/mol. The molecule has 0 aromatic carbocycles. The van der Waals surface area contributed by atoms with Crippen molar-refractivity contribution >= 4 is 23.4 Å². The summed E-state index contributed by atoms with van der Waals surface area (Å²) in [5.41, 5.74) is 0.118.